The van der Waals surface area contributed by atoms with Crippen LogP contribution in [-0.4, -0.2) is 15.2 Å². The van der Waals surface area contributed by atoms with Crippen LogP contribution in [-0.2, 0) is 5.41 Å². The molecule has 0 aliphatic heterocycles. The molecule has 13 heavy (non-hydrogen) atoms. The molecule has 0 radical (unpaired) electrons. The van der Waals surface area contributed by atoms with Gasteiger partial charge in [0.1, 0.15) is 5.52 Å². The van der Waals surface area contributed by atoms with Crippen LogP contribution in [0.4, 0.5) is 0 Å². The molecule has 2 aromatic heterocycles. The molecule has 0 saturated carbocycles. The summed E-state index contributed by atoms with van der Waals surface area (Å²) < 4.78 is 5.52. The molecule has 4 nitrogen and oxygen atoms in total. The zero-order valence-corrected chi connectivity index (χ0v) is 7.90. The highest BCUT2D eigenvalue weighted by atomic mass is 16.3. The van der Waals surface area contributed by atoms with Crippen LogP contribution in [0.1, 0.15) is 26.7 Å². The SMILES string of the molecule is CC(C)(C)c1nc2cnncc2o1. The van der Waals surface area contributed by atoms with Crippen molar-refractivity contribution in [1.82, 2.24) is 15.2 Å². The summed E-state index contributed by atoms with van der Waals surface area (Å²) in [6.07, 6.45) is 3.19. The summed E-state index contributed by atoms with van der Waals surface area (Å²) in [6, 6.07) is 0. The van der Waals surface area contributed by atoms with Crippen LogP contribution >= 0.6 is 0 Å². The summed E-state index contributed by atoms with van der Waals surface area (Å²) in [6.45, 7) is 6.16. The van der Waals surface area contributed by atoms with Crippen LogP contribution in [0.5, 0.6) is 0 Å². The van der Waals surface area contributed by atoms with Gasteiger partial charge in [0, 0.05) is 5.41 Å². The first-order valence-corrected chi connectivity index (χ1v) is 4.15. The standard InChI is InChI=1S/C9H11N3O/c1-9(2,3)8-12-6-4-10-11-5-7(6)13-8/h4-5H,1-3H3. The van der Waals surface area contributed by atoms with E-state index < -0.39 is 0 Å². The zero-order chi connectivity index (χ0) is 9.47. The zero-order valence-electron chi connectivity index (χ0n) is 7.90. The van der Waals surface area contributed by atoms with Crippen molar-refractivity contribution in [3.05, 3.63) is 18.3 Å². The molecule has 0 spiro atoms. The van der Waals surface area contributed by atoms with Gasteiger partial charge in [-0.15, -0.1) is 0 Å². The summed E-state index contributed by atoms with van der Waals surface area (Å²) in [5, 5.41) is 7.46. The molecular weight excluding hydrogens is 166 g/mol. The number of aromatic nitrogens is 3. The van der Waals surface area contributed by atoms with Gasteiger partial charge in [0.15, 0.2) is 5.58 Å². The Morgan fingerprint density at radius 1 is 1.15 bits per heavy atom. The number of hydrogen-bond acceptors (Lipinski definition) is 4. The maximum atomic E-state index is 5.52. The summed E-state index contributed by atoms with van der Waals surface area (Å²) in [5.74, 6) is 0.720. The van der Waals surface area contributed by atoms with Crippen LogP contribution in [0.15, 0.2) is 16.8 Å². The third kappa shape index (κ3) is 1.39. The van der Waals surface area contributed by atoms with Crippen molar-refractivity contribution < 1.29 is 4.42 Å². The smallest absolute Gasteiger partial charge is 0.201 e. The van der Waals surface area contributed by atoms with E-state index >= 15 is 0 Å². The first-order valence-electron chi connectivity index (χ1n) is 4.15. The van der Waals surface area contributed by atoms with E-state index in [1.54, 1.807) is 12.4 Å². The summed E-state index contributed by atoms with van der Waals surface area (Å²) in [7, 11) is 0. The summed E-state index contributed by atoms with van der Waals surface area (Å²) in [5.41, 5.74) is 1.39. The number of fused-ring (bicyclic) bond motifs is 1. The lowest BCUT2D eigenvalue weighted by Crippen LogP contribution is -2.10. The van der Waals surface area contributed by atoms with Gasteiger partial charge >= 0.3 is 0 Å². The molecule has 2 rings (SSSR count). The van der Waals surface area contributed by atoms with Gasteiger partial charge in [-0.2, -0.15) is 10.2 Å². The Balaban J connectivity index is 2.63. The molecule has 2 aromatic rings. The van der Waals surface area contributed by atoms with Crippen molar-refractivity contribution in [2.75, 3.05) is 0 Å². The minimum Gasteiger partial charge on any atom is -0.438 e. The first kappa shape index (κ1) is 8.16. The number of nitrogens with zero attached hydrogens (tertiary/aromatic N) is 3. The van der Waals surface area contributed by atoms with Crippen LogP contribution in [0, 0.1) is 0 Å². The van der Waals surface area contributed by atoms with Gasteiger partial charge < -0.3 is 4.42 Å². The van der Waals surface area contributed by atoms with Crippen LogP contribution in [0.25, 0.3) is 11.1 Å². The predicted molar refractivity (Wildman–Crippen MR) is 48.3 cm³/mol. The van der Waals surface area contributed by atoms with Crippen molar-refractivity contribution >= 4 is 11.1 Å². The van der Waals surface area contributed by atoms with E-state index in [2.05, 4.69) is 36.0 Å². The molecule has 0 atom stereocenters. The molecule has 4 heteroatoms. The third-order valence-electron chi connectivity index (χ3n) is 1.74. The fourth-order valence-corrected chi connectivity index (χ4v) is 1.02. The van der Waals surface area contributed by atoms with E-state index in [1.807, 2.05) is 0 Å². The highest BCUT2D eigenvalue weighted by Gasteiger charge is 2.20. The Kier molecular flexibility index (Phi) is 1.58. The van der Waals surface area contributed by atoms with Gasteiger partial charge in [-0.3, -0.25) is 0 Å². The number of hydrogen-bond donors (Lipinski definition) is 0. The Morgan fingerprint density at radius 3 is 2.46 bits per heavy atom. The monoisotopic (exact) mass is 177 g/mol. The Labute approximate surface area is 76.0 Å². The Bertz CT molecular complexity index is 395. The van der Waals surface area contributed by atoms with E-state index in [0.29, 0.717) is 5.58 Å². The van der Waals surface area contributed by atoms with E-state index in [-0.39, 0.29) is 5.41 Å². The topological polar surface area (TPSA) is 51.8 Å². The Hall–Kier alpha value is -1.45. The lowest BCUT2D eigenvalue weighted by Gasteiger charge is -2.11. The maximum Gasteiger partial charge on any atom is 0.201 e. The minimum absolute atomic E-state index is 0.0704. The van der Waals surface area contributed by atoms with Crippen molar-refractivity contribution in [3.8, 4) is 0 Å². The Morgan fingerprint density at radius 2 is 1.85 bits per heavy atom. The van der Waals surface area contributed by atoms with E-state index in [9.17, 15) is 0 Å². The molecule has 0 aromatic carbocycles. The average molecular weight is 177 g/mol. The van der Waals surface area contributed by atoms with E-state index in [0.717, 1.165) is 11.4 Å². The number of rotatable bonds is 0. The van der Waals surface area contributed by atoms with Gasteiger partial charge in [0.05, 0.1) is 12.4 Å². The predicted octanol–water partition coefficient (Wildman–Crippen LogP) is 1.92. The van der Waals surface area contributed by atoms with Crippen LogP contribution < -0.4 is 0 Å². The van der Waals surface area contributed by atoms with Gasteiger partial charge in [-0.25, -0.2) is 4.98 Å². The van der Waals surface area contributed by atoms with Crippen molar-refractivity contribution in [2.45, 2.75) is 26.2 Å². The lowest BCUT2D eigenvalue weighted by atomic mass is 9.97. The summed E-state index contributed by atoms with van der Waals surface area (Å²) in [4.78, 5) is 4.31. The molecule has 0 aliphatic carbocycles. The van der Waals surface area contributed by atoms with Crippen molar-refractivity contribution in [2.24, 2.45) is 0 Å². The van der Waals surface area contributed by atoms with Gasteiger partial charge in [-0.1, -0.05) is 20.8 Å². The molecule has 0 amide bonds. The first-order chi connectivity index (χ1) is 6.07. The molecule has 0 saturated heterocycles. The van der Waals surface area contributed by atoms with Gasteiger partial charge in [0.2, 0.25) is 5.89 Å². The second-order valence-corrected chi connectivity index (χ2v) is 4.01. The number of oxazole rings is 1. The highest BCUT2D eigenvalue weighted by Crippen LogP contribution is 2.24. The maximum absolute atomic E-state index is 5.52. The molecular formula is C9H11N3O. The second kappa shape index (κ2) is 2.52. The molecule has 0 bridgehead atoms. The molecule has 2 heterocycles. The lowest BCUT2D eigenvalue weighted by molar-refractivity contribution is 0.410. The molecule has 68 valence electrons. The quantitative estimate of drug-likeness (QED) is 0.616. The molecule has 0 aliphatic rings. The van der Waals surface area contributed by atoms with Crippen LogP contribution in [0.3, 0.4) is 0 Å². The molecule has 0 N–H and O–H groups in total. The summed E-state index contributed by atoms with van der Waals surface area (Å²) >= 11 is 0. The third-order valence-corrected chi connectivity index (χ3v) is 1.74. The second-order valence-electron chi connectivity index (χ2n) is 4.01. The molecule has 0 fully saturated rings. The van der Waals surface area contributed by atoms with Crippen molar-refractivity contribution in [1.29, 1.82) is 0 Å². The largest absolute Gasteiger partial charge is 0.438 e. The minimum atomic E-state index is -0.0704. The molecule has 0 unspecified atom stereocenters. The van der Waals surface area contributed by atoms with Gasteiger partial charge in [-0.05, 0) is 0 Å². The van der Waals surface area contributed by atoms with Gasteiger partial charge in [0.25, 0.3) is 0 Å². The van der Waals surface area contributed by atoms with Crippen LogP contribution in [0.2, 0.25) is 0 Å². The fraction of sp³-hybridized carbons (Fsp3) is 0.444. The normalized spacial score (nSPS) is 12.2. The van der Waals surface area contributed by atoms with Crippen molar-refractivity contribution in [3.63, 3.8) is 0 Å². The fourth-order valence-electron chi connectivity index (χ4n) is 1.02. The average Bonchev–Trinajstić information content (AvgIpc) is 2.45. The highest BCUT2D eigenvalue weighted by molar-refractivity contribution is 5.69. The van der Waals surface area contributed by atoms with E-state index in [1.165, 1.54) is 0 Å². The van der Waals surface area contributed by atoms with E-state index in [4.69, 9.17) is 4.42 Å².